The second kappa shape index (κ2) is 9.64. The highest BCUT2D eigenvalue weighted by atomic mass is 16.6. The van der Waals surface area contributed by atoms with Crippen molar-refractivity contribution in [2.75, 3.05) is 40.6 Å². The zero-order chi connectivity index (χ0) is 21.5. The molecule has 1 heterocycles. The molecule has 0 aromatic heterocycles. The highest BCUT2D eigenvalue weighted by Gasteiger charge is 2.17. The summed E-state index contributed by atoms with van der Waals surface area (Å²) in [6.45, 7) is -0.00122. The number of amides is 1. The lowest BCUT2D eigenvalue weighted by atomic mass is 10.1. The number of nitrogens with one attached hydrogen (secondary N) is 1. The van der Waals surface area contributed by atoms with Crippen LogP contribution in [0.5, 0.6) is 23.0 Å². The molecule has 1 N–H and O–H groups in total. The third-order valence-corrected chi connectivity index (χ3v) is 4.24. The zero-order valence-electron chi connectivity index (χ0n) is 16.6. The lowest BCUT2D eigenvalue weighted by molar-refractivity contribution is -0.141. The summed E-state index contributed by atoms with van der Waals surface area (Å²) >= 11 is 0. The second-order valence-electron chi connectivity index (χ2n) is 6.23. The van der Waals surface area contributed by atoms with Crippen molar-refractivity contribution in [3.63, 3.8) is 0 Å². The van der Waals surface area contributed by atoms with Crippen LogP contribution in [-0.4, -0.2) is 58.2 Å². The minimum absolute atomic E-state index is 0.256. The predicted molar refractivity (Wildman–Crippen MR) is 105 cm³/mol. The molecule has 0 radical (unpaired) electrons. The molecular weight excluding hydrogens is 394 g/mol. The maximum absolute atomic E-state index is 12.3. The smallest absolute Gasteiger partial charge is 0.325 e. The standard InChI is InChI=1S/C21H21NO8/c1-26-15-7-14(8-16(10-15)27-2)21(25)22-11-20(24)30-12-17(23)13-3-4-18-19(9-13)29-6-5-28-18/h3-4,7-10H,5-6,11-12H2,1-2H3,(H,22,25). The van der Waals surface area contributed by atoms with Gasteiger partial charge >= 0.3 is 5.97 Å². The molecular formula is C21H21NO8. The van der Waals surface area contributed by atoms with E-state index in [0.717, 1.165) is 0 Å². The van der Waals surface area contributed by atoms with Gasteiger partial charge in [-0.05, 0) is 30.3 Å². The topological polar surface area (TPSA) is 109 Å². The Labute approximate surface area is 172 Å². The zero-order valence-corrected chi connectivity index (χ0v) is 16.6. The summed E-state index contributed by atoms with van der Waals surface area (Å²) in [4.78, 5) is 36.4. The minimum Gasteiger partial charge on any atom is -0.497 e. The SMILES string of the molecule is COc1cc(OC)cc(C(=O)NCC(=O)OCC(=O)c2ccc3c(c2)OCCO3)c1. The van der Waals surface area contributed by atoms with E-state index >= 15 is 0 Å². The number of esters is 1. The third kappa shape index (κ3) is 5.19. The van der Waals surface area contributed by atoms with Gasteiger partial charge in [-0.15, -0.1) is 0 Å². The molecule has 0 fully saturated rings. The van der Waals surface area contributed by atoms with Crippen molar-refractivity contribution in [2.24, 2.45) is 0 Å². The van der Waals surface area contributed by atoms with E-state index in [9.17, 15) is 14.4 Å². The summed E-state index contributed by atoms with van der Waals surface area (Å²) in [5.74, 6) is 0.251. The van der Waals surface area contributed by atoms with Crippen molar-refractivity contribution in [2.45, 2.75) is 0 Å². The van der Waals surface area contributed by atoms with Crippen LogP contribution in [-0.2, 0) is 9.53 Å². The van der Waals surface area contributed by atoms with Crippen LogP contribution < -0.4 is 24.3 Å². The molecule has 3 rings (SSSR count). The molecule has 0 spiro atoms. The molecule has 2 aromatic rings. The van der Waals surface area contributed by atoms with Crippen LogP contribution in [0.1, 0.15) is 20.7 Å². The first-order valence-corrected chi connectivity index (χ1v) is 9.10. The molecule has 0 saturated carbocycles. The van der Waals surface area contributed by atoms with Crippen LogP contribution in [0.15, 0.2) is 36.4 Å². The molecule has 1 aliphatic rings. The molecule has 30 heavy (non-hydrogen) atoms. The molecule has 0 bridgehead atoms. The van der Waals surface area contributed by atoms with Crippen LogP contribution in [0.3, 0.4) is 0 Å². The largest absolute Gasteiger partial charge is 0.497 e. The first-order chi connectivity index (χ1) is 14.5. The summed E-state index contributed by atoms with van der Waals surface area (Å²) in [5, 5.41) is 2.43. The van der Waals surface area contributed by atoms with Crippen molar-refractivity contribution >= 4 is 17.7 Å². The van der Waals surface area contributed by atoms with Gasteiger partial charge in [-0.2, -0.15) is 0 Å². The molecule has 9 nitrogen and oxygen atoms in total. The number of rotatable bonds is 8. The van der Waals surface area contributed by atoms with Crippen molar-refractivity contribution in [3.05, 3.63) is 47.5 Å². The Hall–Kier alpha value is -3.75. The Morgan fingerprint density at radius 3 is 2.23 bits per heavy atom. The number of ether oxygens (including phenoxy) is 5. The molecule has 0 saturated heterocycles. The van der Waals surface area contributed by atoms with Crippen LogP contribution in [0.2, 0.25) is 0 Å². The maximum Gasteiger partial charge on any atom is 0.325 e. The Balaban J connectivity index is 1.50. The number of fused-ring (bicyclic) bond motifs is 1. The first kappa shape index (κ1) is 21.0. The fourth-order valence-corrected chi connectivity index (χ4v) is 2.69. The lowest BCUT2D eigenvalue weighted by Crippen LogP contribution is -2.31. The number of carbonyl (C=O) groups excluding carboxylic acids is 3. The van der Waals surface area contributed by atoms with Crippen molar-refractivity contribution in [1.82, 2.24) is 5.32 Å². The molecule has 1 amide bonds. The van der Waals surface area contributed by atoms with Crippen molar-refractivity contribution in [3.8, 4) is 23.0 Å². The fourth-order valence-electron chi connectivity index (χ4n) is 2.69. The van der Waals surface area contributed by atoms with E-state index < -0.39 is 30.8 Å². The quantitative estimate of drug-likeness (QED) is 0.512. The number of hydrogen-bond donors (Lipinski definition) is 1. The molecule has 1 aliphatic heterocycles. The number of Topliss-reactive ketones (excluding diaryl/α,β-unsaturated/α-hetero) is 1. The third-order valence-electron chi connectivity index (χ3n) is 4.24. The number of benzene rings is 2. The Morgan fingerprint density at radius 2 is 1.57 bits per heavy atom. The average Bonchev–Trinajstić information content (AvgIpc) is 2.80. The van der Waals surface area contributed by atoms with Crippen LogP contribution >= 0.6 is 0 Å². The Bertz CT molecular complexity index is 934. The van der Waals surface area contributed by atoms with E-state index in [0.29, 0.717) is 41.8 Å². The fraction of sp³-hybridized carbons (Fsp3) is 0.286. The van der Waals surface area contributed by atoms with Gasteiger partial charge in [0.25, 0.3) is 5.91 Å². The van der Waals surface area contributed by atoms with Crippen LogP contribution in [0.25, 0.3) is 0 Å². The van der Waals surface area contributed by atoms with Gasteiger partial charge in [-0.25, -0.2) is 0 Å². The van der Waals surface area contributed by atoms with Crippen molar-refractivity contribution in [1.29, 1.82) is 0 Å². The van der Waals surface area contributed by atoms with Gasteiger partial charge in [0.1, 0.15) is 31.3 Å². The molecule has 158 valence electrons. The minimum atomic E-state index is -0.746. The molecule has 9 heteroatoms. The Morgan fingerprint density at radius 1 is 0.900 bits per heavy atom. The van der Waals surface area contributed by atoms with Gasteiger partial charge in [0.2, 0.25) is 0 Å². The monoisotopic (exact) mass is 415 g/mol. The van der Waals surface area contributed by atoms with Crippen molar-refractivity contribution < 1.29 is 38.1 Å². The summed E-state index contributed by atoms with van der Waals surface area (Å²) in [6, 6.07) is 9.38. The second-order valence-corrected chi connectivity index (χ2v) is 6.23. The molecule has 0 aliphatic carbocycles. The van der Waals surface area contributed by atoms with E-state index in [4.69, 9.17) is 23.7 Å². The Kier molecular flexibility index (Phi) is 6.74. The van der Waals surface area contributed by atoms with Gasteiger partial charge in [-0.3, -0.25) is 14.4 Å². The van der Waals surface area contributed by atoms with E-state index in [-0.39, 0.29) is 5.56 Å². The van der Waals surface area contributed by atoms with Gasteiger partial charge in [0.15, 0.2) is 23.9 Å². The summed E-state index contributed by atoms with van der Waals surface area (Å²) < 4.78 is 26.0. The summed E-state index contributed by atoms with van der Waals surface area (Å²) in [7, 11) is 2.93. The van der Waals surface area contributed by atoms with Gasteiger partial charge in [-0.1, -0.05) is 0 Å². The predicted octanol–water partition coefficient (Wildman–Crippen LogP) is 1.63. The van der Waals surface area contributed by atoms with E-state index in [1.807, 2.05) is 0 Å². The van der Waals surface area contributed by atoms with Crippen LogP contribution in [0, 0.1) is 0 Å². The highest BCUT2D eigenvalue weighted by molar-refractivity contribution is 5.99. The lowest BCUT2D eigenvalue weighted by Gasteiger charge is -2.18. The number of methoxy groups -OCH3 is 2. The number of hydrogen-bond acceptors (Lipinski definition) is 8. The maximum atomic E-state index is 12.3. The number of carbonyl (C=O) groups is 3. The normalized spacial score (nSPS) is 11.9. The first-order valence-electron chi connectivity index (χ1n) is 9.10. The van der Waals surface area contributed by atoms with Gasteiger partial charge in [0, 0.05) is 17.2 Å². The van der Waals surface area contributed by atoms with Gasteiger partial charge < -0.3 is 29.0 Å². The van der Waals surface area contributed by atoms with Crippen LogP contribution in [0.4, 0.5) is 0 Å². The van der Waals surface area contributed by atoms with E-state index in [1.165, 1.54) is 26.4 Å². The average molecular weight is 415 g/mol. The van der Waals surface area contributed by atoms with E-state index in [2.05, 4.69) is 5.32 Å². The number of ketones is 1. The molecule has 0 atom stereocenters. The molecule has 0 unspecified atom stereocenters. The molecule has 2 aromatic carbocycles. The van der Waals surface area contributed by atoms with Gasteiger partial charge in [0.05, 0.1) is 14.2 Å². The highest BCUT2D eigenvalue weighted by Crippen LogP contribution is 2.30. The summed E-state index contributed by atoms with van der Waals surface area (Å²) in [6.07, 6.45) is 0. The summed E-state index contributed by atoms with van der Waals surface area (Å²) in [5.41, 5.74) is 0.589. The van der Waals surface area contributed by atoms with E-state index in [1.54, 1.807) is 24.3 Å².